The van der Waals surface area contributed by atoms with Crippen LogP contribution in [0.4, 0.5) is 5.82 Å². The van der Waals surface area contributed by atoms with Crippen LogP contribution in [0.15, 0.2) is 45.4 Å². The minimum Gasteiger partial charge on any atom is -0.493 e. The SMILES string of the molecule is COc1ccc(C2c3c([nH]c(=O)[nH]c3=O)N=c3[nH]c4ncnc5nc[nH]c(c32)-c54)cc1OC. The van der Waals surface area contributed by atoms with Crippen LogP contribution in [0.5, 0.6) is 11.5 Å². The van der Waals surface area contributed by atoms with Crippen molar-refractivity contribution in [2.24, 2.45) is 4.99 Å². The zero-order valence-corrected chi connectivity index (χ0v) is 17.4. The van der Waals surface area contributed by atoms with Crippen molar-refractivity contribution in [3.8, 4) is 22.8 Å². The van der Waals surface area contributed by atoms with E-state index in [0.29, 0.717) is 50.7 Å². The molecule has 1 aromatic carbocycles. The van der Waals surface area contributed by atoms with Gasteiger partial charge in [-0.15, -0.1) is 0 Å². The summed E-state index contributed by atoms with van der Waals surface area (Å²) in [5.41, 5.74) is 3.31. The molecule has 3 aliphatic rings. The Kier molecular flexibility index (Phi) is 3.96. The molecule has 1 atom stereocenters. The molecule has 0 fully saturated rings. The van der Waals surface area contributed by atoms with Gasteiger partial charge in [-0.25, -0.2) is 24.7 Å². The summed E-state index contributed by atoms with van der Waals surface area (Å²) in [5.74, 6) is 0.594. The second-order valence-corrected chi connectivity index (χ2v) is 7.42. The number of benzene rings is 1. The zero-order valence-electron chi connectivity index (χ0n) is 17.4. The first kappa shape index (κ1) is 19.0. The fraction of sp³-hybridized carbons (Fsp3) is 0.143. The number of nitrogens with zero attached hydrogens (tertiary/aromatic N) is 4. The topological polar surface area (TPSA) is 167 Å². The van der Waals surface area contributed by atoms with Gasteiger partial charge in [-0.3, -0.25) is 14.8 Å². The summed E-state index contributed by atoms with van der Waals surface area (Å²) in [5, 5.41) is 0. The first-order valence-electron chi connectivity index (χ1n) is 9.92. The molecule has 5 heterocycles. The lowest BCUT2D eigenvalue weighted by Crippen LogP contribution is -2.34. The molecular weight excluding hydrogens is 428 g/mol. The predicted octanol–water partition coefficient (Wildman–Crippen LogP) is 0.906. The molecule has 0 aliphatic carbocycles. The monoisotopic (exact) mass is 444 g/mol. The van der Waals surface area contributed by atoms with Crippen LogP contribution in [-0.4, -0.2) is 49.1 Å². The second kappa shape index (κ2) is 6.88. The highest BCUT2D eigenvalue weighted by Crippen LogP contribution is 2.42. The van der Waals surface area contributed by atoms with E-state index in [1.54, 1.807) is 19.2 Å². The van der Waals surface area contributed by atoms with Gasteiger partial charge in [-0.05, 0) is 17.7 Å². The Bertz CT molecular complexity index is 1710. The predicted molar refractivity (Wildman–Crippen MR) is 116 cm³/mol. The van der Waals surface area contributed by atoms with Gasteiger partial charge in [-0.1, -0.05) is 6.07 Å². The van der Waals surface area contributed by atoms with E-state index < -0.39 is 17.2 Å². The number of nitrogens with one attached hydrogen (secondary N) is 4. The van der Waals surface area contributed by atoms with Crippen molar-refractivity contribution in [3.63, 3.8) is 0 Å². The molecule has 4 N–H and O–H groups in total. The molecule has 0 spiro atoms. The fourth-order valence-corrected chi connectivity index (χ4v) is 4.37. The molecule has 3 aliphatic heterocycles. The van der Waals surface area contributed by atoms with Gasteiger partial charge in [0.05, 0.1) is 37.4 Å². The van der Waals surface area contributed by atoms with Crippen LogP contribution in [0, 0.1) is 0 Å². The highest BCUT2D eigenvalue weighted by molar-refractivity contribution is 5.89. The van der Waals surface area contributed by atoms with Crippen LogP contribution in [0.1, 0.15) is 22.6 Å². The van der Waals surface area contributed by atoms with E-state index in [2.05, 4.69) is 39.9 Å². The number of aromatic amines is 4. The van der Waals surface area contributed by atoms with E-state index in [1.807, 2.05) is 6.07 Å². The minimum atomic E-state index is -0.644. The standard InChI is InChI=1S/C21H16N8O4/c1-32-9-4-3-8(5-10(9)33-2)11-12-15-14-16(23-6-22-15)24-7-25-17(14)26-18(12)27-19-13(11)20(30)29-21(31)28-19/h3-7,11H,1-2H3,(H4,22,23,24,25,26,27,28,29,30,31). The lowest BCUT2D eigenvalue weighted by atomic mass is 9.82. The molecule has 33 heavy (non-hydrogen) atoms. The third-order valence-electron chi connectivity index (χ3n) is 5.73. The molecule has 6 rings (SSSR count). The Labute approximate surface area is 183 Å². The number of pyridine rings is 1. The van der Waals surface area contributed by atoms with E-state index in [1.165, 1.54) is 19.8 Å². The molecule has 3 aromatic rings. The van der Waals surface area contributed by atoms with Crippen molar-refractivity contribution in [2.45, 2.75) is 5.92 Å². The maximum Gasteiger partial charge on any atom is 0.327 e. The van der Waals surface area contributed by atoms with Crippen LogP contribution in [0.25, 0.3) is 22.6 Å². The summed E-state index contributed by atoms with van der Waals surface area (Å²) in [6, 6.07) is 5.40. The third-order valence-corrected chi connectivity index (χ3v) is 5.73. The molecule has 12 heteroatoms. The number of H-pyrrole nitrogens is 4. The van der Waals surface area contributed by atoms with E-state index in [0.717, 1.165) is 5.56 Å². The maximum atomic E-state index is 13.0. The van der Waals surface area contributed by atoms with Gasteiger partial charge in [0.15, 0.2) is 17.1 Å². The Morgan fingerprint density at radius 2 is 1.79 bits per heavy atom. The Balaban J connectivity index is 1.78. The van der Waals surface area contributed by atoms with Crippen LogP contribution in [0.2, 0.25) is 0 Å². The van der Waals surface area contributed by atoms with Gasteiger partial charge < -0.3 is 19.4 Å². The minimum absolute atomic E-state index is 0.164. The van der Waals surface area contributed by atoms with Crippen LogP contribution in [-0.2, 0) is 0 Å². The molecular formula is C21H16N8O4. The summed E-state index contributed by atoms with van der Waals surface area (Å²) in [4.78, 5) is 53.8. The van der Waals surface area contributed by atoms with Crippen molar-refractivity contribution in [3.05, 3.63) is 73.9 Å². The highest BCUT2D eigenvalue weighted by atomic mass is 16.5. The molecule has 1 unspecified atom stereocenters. The second-order valence-electron chi connectivity index (χ2n) is 7.42. The molecule has 0 bridgehead atoms. The summed E-state index contributed by atoms with van der Waals surface area (Å²) in [6.45, 7) is 0. The molecule has 164 valence electrons. The van der Waals surface area contributed by atoms with Gasteiger partial charge >= 0.3 is 5.69 Å². The summed E-state index contributed by atoms with van der Waals surface area (Å²) >= 11 is 0. The largest absolute Gasteiger partial charge is 0.493 e. The van der Waals surface area contributed by atoms with Crippen LogP contribution < -0.4 is 26.2 Å². The van der Waals surface area contributed by atoms with Crippen molar-refractivity contribution >= 4 is 17.1 Å². The number of ether oxygens (including phenoxy) is 2. The Morgan fingerprint density at radius 1 is 0.939 bits per heavy atom. The molecule has 0 saturated heterocycles. The maximum absolute atomic E-state index is 13.0. The highest BCUT2D eigenvalue weighted by Gasteiger charge is 2.34. The Morgan fingerprint density at radius 3 is 2.61 bits per heavy atom. The summed E-state index contributed by atoms with van der Waals surface area (Å²) < 4.78 is 10.9. The van der Waals surface area contributed by atoms with Gasteiger partial charge in [0, 0.05) is 11.5 Å². The average molecular weight is 444 g/mol. The fourth-order valence-electron chi connectivity index (χ4n) is 4.37. The Hall–Kier alpha value is -4.74. The quantitative estimate of drug-likeness (QED) is 0.315. The molecule has 0 saturated carbocycles. The van der Waals surface area contributed by atoms with E-state index in [4.69, 9.17) is 9.47 Å². The summed E-state index contributed by atoms with van der Waals surface area (Å²) in [6.07, 6.45) is 2.94. The molecule has 2 aromatic heterocycles. The van der Waals surface area contributed by atoms with Gasteiger partial charge in [-0.2, -0.15) is 0 Å². The number of methoxy groups -OCH3 is 2. The first-order chi connectivity index (χ1) is 16.1. The molecule has 0 radical (unpaired) electrons. The van der Waals surface area contributed by atoms with Crippen molar-refractivity contribution < 1.29 is 9.47 Å². The van der Waals surface area contributed by atoms with E-state index >= 15 is 0 Å². The number of hydrogen-bond donors (Lipinski definition) is 4. The smallest absolute Gasteiger partial charge is 0.327 e. The third kappa shape index (κ3) is 2.70. The van der Waals surface area contributed by atoms with Gasteiger partial charge in [0.25, 0.3) is 5.56 Å². The van der Waals surface area contributed by atoms with E-state index in [-0.39, 0.29) is 5.82 Å². The van der Waals surface area contributed by atoms with Crippen molar-refractivity contribution in [1.29, 1.82) is 0 Å². The molecule has 0 amide bonds. The number of hydrogen-bond acceptors (Lipinski definition) is 8. The lowest BCUT2D eigenvalue weighted by molar-refractivity contribution is 0.354. The van der Waals surface area contributed by atoms with Crippen LogP contribution in [0.3, 0.4) is 0 Å². The number of fused-ring (bicyclic) bond motifs is 3. The van der Waals surface area contributed by atoms with Gasteiger partial charge in [0.2, 0.25) is 0 Å². The van der Waals surface area contributed by atoms with E-state index in [9.17, 15) is 9.59 Å². The summed E-state index contributed by atoms with van der Waals surface area (Å²) in [7, 11) is 3.09. The van der Waals surface area contributed by atoms with Crippen molar-refractivity contribution in [2.75, 3.05) is 14.2 Å². The lowest BCUT2D eigenvalue weighted by Gasteiger charge is -2.26. The first-order valence-corrected chi connectivity index (χ1v) is 9.92. The van der Waals surface area contributed by atoms with Crippen LogP contribution >= 0.6 is 0 Å². The number of aromatic nitrogens is 7. The van der Waals surface area contributed by atoms with Crippen molar-refractivity contribution in [1.82, 2.24) is 34.9 Å². The zero-order chi connectivity index (χ0) is 22.7. The number of rotatable bonds is 3. The average Bonchev–Trinajstić information content (AvgIpc) is 2.82. The molecule has 12 nitrogen and oxygen atoms in total. The van der Waals surface area contributed by atoms with Gasteiger partial charge in [0.1, 0.15) is 23.3 Å². The normalized spacial score (nSPS) is 14.5.